The Hall–Kier alpha value is -3.16. The number of anilines is 2. The number of pyridine rings is 1. The highest BCUT2D eigenvalue weighted by molar-refractivity contribution is 6.06. The molecule has 0 atom stereocenters. The van der Waals surface area contributed by atoms with Gasteiger partial charge in [0.25, 0.3) is 5.91 Å². The van der Waals surface area contributed by atoms with Gasteiger partial charge < -0.3 is 20.9 Å². The summed E-state index contributed by atoms with van der Waals surface area (Å²) in [6.45, 7) is 3.73. The molecule has 1 aliphatic rings. The van der Waals surface area contributed by atoms with Crippen molar-refractivity contribution in [3.05, 3.63) is 42.0 Å². The van der Waals surface area contributed by atoms with Gasteiger partial charge in [-0.05, 0) is 31.4 Å². The van der Waals surface area contributed by atoms with Crippen molar-refractivity contribution in [1.29, 1.82) is 0 Å². The minimum Gasteiger partial charge on any atom is -0.397 e. The SMILES string of the molecule is CCCc1cc2c(N)c(C(=O)NC3CCN(c4ncccn4)CC3)cnc2[nH]1. The van der Waals surface area contributed by atoms with Crippen LogP contribution in [0.1, 0.15) is 42.2 Å². The molecule has 4 N–H and O–H groups in total. The van der Waals surface area contributed by atoms with Crippen LogP contribution in [0.3, 0.4) is 0 Å². The summed E-state index contributed by atoms with van der Waals surface area (Å²) in [5, 5.41) is 3.92. The first kappa shape index (κ1) is 18.2. The minimum absolute atomic E-state index is 0.101. The molecule has 0 aromatic carbocycles. The normalized spacial score (nSPS) is 15.1. The first-order chi connectivity index (χ1) is 13.7. The van der Waals surface area contributed by atoms with Gasteiger partial charge in [-0.15, -0.1) is 0 Å². The maximum Gasteiger partial charge on any atom is 0.255 e. The predicted molar refractivity (Wildman–Crippen MR) is 109 cm³/mol. The van der Waals surface area contributed by atoms with E-state index in [1.54, 1.807) is 24.7 Å². The van der Waals surface area contributed by atoms with E-state index >= 15 is 0 Å². The smallest absolute Gasteiger partial charge is 0.255 e. The Labute approximate surface area is 163 Å². The quantitative estimate of drug-likeness (QED) is 0.627. The second-order valence-electron chi connectivity index (χ2n) is 7.18. The van der Waals surface area contributed by atoms with Gasteiger partial charge in [-0.3, -0.25) is 4.79 Å². The Morgan fingerprint density at radius 1 is 1.29 bits per heavy atom. The van der Waals surface area contributed by atoms with Crippen molar-refractivity contribution in [3.8, 4) is 0 Å². The van der Waals surface area contributed by atoms with Crippen LogP contribution < -0.4 is 16.0 Å². The lowest BCUT2D eigenvalue weighted by Gasteiger charge is -2.32. The summed E-state index contributed by atoms with van der Waals surface area (Å²) in [7, 11) is 0. The van der Waals surface area contributed by atoms with Crippen LogP contribution in [0.2, 0.25) is 0 Å². The number of H-pyrrole nitrogens is 1. The summed E-state index contributed by atoms with van der Waals surface area (Å²) in [4.78, 5) is 31.2. The number of aryl methyl sites for hydroxylation is 1. The number of aromatic amines is 1. The standard InChI is InChI=1S/C20H25N7O/c1-2-4-14-11-15-17(21)16(12-24-18(15)25-14)19(28)26-13-5-9-27(10-6-13)20-22-7-3-8-23-20/h3,7-8,11-13H,2,4-6,9-10H2,1H3,(H,26,28)(H3,21,24,25). The van der Waals surface area contributed by atoms with E-state index in [0.29, 0.717) is 11.3 Å². The molecule has 0 radical (unpaired) electrons. The third kappa shape index (κ3) is 3.62. The monoisotopic (exact) mass is 379 g/mol. The number of hydrogen-bond donors (Lipinski definition) is 3. The molecular formula is C20H25N7O. The summed E-state index contributed by atoms with van der Waals surface area (Å²) in [6.07, 6.45) is 8.69. The molecule has 28 heavy (non-hydrogen) atoms. The lowest BCUT2D eigenvalue weighted by molar-refractivity contribution is 0.0932. The number of fused-ring (bicyclic) bond motifs is 1. The Kier molecular flexibility index (Phi) is 5.10. The van der Waals surface area contributed by atoms with Gasteiger partial charge >= 0.3 is 0 Å². The highest BCUT2D eigenvalue weighted by Crippen LogP contribution is 2.25. The summed E-state index contributed by atoms with van der Waals surface area (Å²) in [5.74, 6) is 0.570. The molecule has 4 heterocycles. The maximum atomic E-state index is 12.8. The lowest BCUT2D eigenvalue weighted by Crippen LogP contribution is -2.45. The summed E-state index contributed by atoms with van der Waals surface area (Å²) in [6, 6.07) is 3.90. The van der Waals surface area contributed by atoms with Crippen LogP contribution >= 0.6 is 0 Å². The third-order valence-corrected chi connectivity index (χ3v) is 5.18. The van der Waals surface area contributed by atoms with Crippen LogP contribution in [-0.4, -0.2) is 45.0 Å². The molecule has 1 amide bonds. The fourth-order valence-electron chi connectivity index (χ4n) is 3.68. The molecule has 1 aliphatic heterocycles. The van der Waals surface area contributed by atoms with Crippen molar-refractivity contribution in [2.24, 2.45) is 0 Å². The molecule has 0 aliphatic carbocycles. The van der Waals surface area contributed by atoms with E-state index in [1.807, 2.05) is 6.07 Å². The molecule has 1 fully saturated rings. The van der Waals surface area contributed by atoms with Crippen LogP contribution in [-0.2, 0) is 6.42 Å². The fourth-order valence-corrected chi connectivity index (χ4v) is 3.68. The average Bonchev–Trinajstić information content (AvgIpc) is 3.13. The number of nitrogens with one attached hydrogen (secondary N) is 2. The maximum absolute atomic E-state index is 12.8. The Morgan fingerprint density at radius 3 is 2.75 bits per heavy atom. The number of aromatic nitrogens is 4. The molecule has 8 nitrogen and oxygen atoms in total. The van der Waals surface area contributed by atoms with E-state index in [1.165, 1.54) is 0 Å². The van der Waals surface area contributed by atoms with Gasteiger partial charge in [0.2, 0.25) is 5.95 Å². The Balaban J connectivity index is 1.42. The minimum atomic E-state index is -0.167. The van der Waals surface area contributed by atoms with Gasteiger partial charge in [0.1, 0.15) is 5.65 Å². The molecule has 0 spiro atoms. The highest BCUT2D eigenvalue weighted by atomic mass is 16.1. The van der Waals surface area contributed by atoms with Gasteiger partial charge in [0.15, 0.2) is 0 Å². The summed E-state index contributed by atoms with van der Waals surface area (Å²) in [5.41, 5.74) is 9.02. The lowest BCUT2D eigenvalue weighted by atomic mass is 10.0. The van der Waals surface area contributed by atoms with Crippen molar-refractivity contribution in [2.75, 3.05) is 23.7 Å². The number of carbonyl (C=O) groups excluding carboxylic acids is 1. The van der Waals surface area contributed by atoms with Crippen molar-refractivity contribution in [2.45, 2.75) is 38.6 Å². The van der Waals surface area contributed by atoms with E-state index in [4.69, 9.17) is 5.73 Å². The molecule has 4 rings (SSSR count). The van der Waals surface area contributed by atoms with Gasteiger partial charge in [-0.25, -0.2) is 15.0 Å². The van der Waals surface area contributed by atoms with Crippen molar-refractivity contribution in [3.63, 3.8) is 0 Å². The molecule has 0 saturated carbocycles. The molecular weight excluding hydrogens is 354 g/mol. The van der Waals surface area contributed by atoms with Crippen LogP contribution in [0, 0.1) is 0 Å². The molecule has 3 aromatic rings. The molecule has 146 valence electrons. The van der Waals surface area contributed by atoms with E-state index in [2.05, 4.69) is 37.1 Å². The topological polar surface area (TPSA) is 113 Å². The third-order valence-electron chi connectivity index (χ3n) is 5.18. The zero-order valence-corrected chi connectivity index (χ0v) is 16.0. The number of rotatable bonds is 5. The van der Waals surface area contributed by atoms with Crippen LogP contribution in [0.15, 0.2) is 30.7 Å². The number of hydrogen-bond acceptors (Lipinski definition) is 6. The summed E-state index contributed by atoms with van der Waals surface area (Å²) < 4.78 is 0. The van der Waals surface area contributed by atoms with Gasteiger partial charge in [0.05, 0.1) is 11.3 Å². The van der Waals surface area contributed by atoms with E-state index in [0.717, 1.165) is 61.4 Å². The zero-order valence-electron chi connectivity index (χ0n) is 16.0. The highest BCUT2D eigenvalue weighted by Gasteiger charge is 2.24. The Bertz CT molecular complexity index is 961. The van der Waals surface area contributed by atoms with Gasteiger partial charge in [-0.1, -0.05) is 13.3 Å². The number of nitrogens with zero attached hydrogens (tertiary/aromatic N) is 4. The second kappa shape index (κ2) is 7.84. The molecule has 0 bridgehead atoms. The number of nitrogens with two attached hydrogens (primary N) is 1. The van der Waals surface area contributed by atoms with Crippen LogP contribution in [0.5, 0.6) is 0 Å². The van der Waals surface area contributed by atoms with Crippen molar-refractivity contribution >= 4 is 28.6 Å². The van der Waals surface area contributed by atoms with E-state index < -0.39 is 0 Å². The molecule has 8 heteroatoms. The summed E-state index contributed by atoms with van der Waals surface area (Å²) >= 11 is 0. The number of piperidine rings is 1. The number of amides is 1. The number of nitrogen functional groups attached to an aromatic ring is 1. The van der Waals surface area contributed by atoms with Crippen LogP contribution in [0.4, 0.5) is 11.6 Å². The second-order valence-corrected chi connectivity index (χ2v) is 7.18. The van der Waals surface area contributed by atoms with Crippen molar-refractivity contribution < 1.29 is 4.79 Å². The van der Waals surface area contributed by atoms with E-state index in [-0.39, 0.29) is 11.9 Å². The number of carbonyl (C=O) groups is 1. The first-order valence-electron chi connectivity index (χ1n) is 9.74. The first-order valence-corrected chi connectivity index (χ1v) is 9.74. The molecule has 0 unspecified atom stereocenters. The fraction of sp³-hybridized carbons (Fsp3) is 0.400. The van der Waals surface area contributed by atoms with E-state index in [9.17, 15) is 4.79 Å². The zero-order chi connectivity index (χ0) is 19.5. The molecule has 3 aromatic heterocycles. The largest absolute Gasteiger partial charge is 0.397 e. The predicted octanol–water partition coefficient (Wildman–Crippen LogP) is 2.29. The molecule has 1 saturated heterocycles. The average molecular weight is 379 g/mol. The van der Waals surface area contributed by atoms with Crippen molar-refractivity contribution in [1.82, 2.24) is 25.3 Å². The van der Waals surface area contributed by atoms with Gasteiger partial charge in [0, 0.05) is 48.8 Å². The van der Waals surface area contributed by atoms with Gasteiger partial charge in [-0.2, -0.15) is 0 Å². The Morgan fingerprint density at radius 2 is 2.04 bits per heavy atom. The van der Waals surface area contributed by atoms with Crippen LogP contribution in [0.25, 0.3) is 11.0 Å².